The molecule has 0 bridgehead atoms. The number of guanidine groups is 3. The molecule has 13 atom stereocenters. The van der Waals surface area contributed by atoms with E-state index in [1.807, 2.05) is 0 Å². The Morgan fingerprint density at radius 3 is 1.31 bits per heavy atom. The van der Waals surface area contributed by atoms with Crippen molar-refractivity contribution in [3.05, 3.63) is 29.8 Å². The molecule has 11 amide bonds. The molecule has 0 aliphatic carbocycles. The van der Waals surface area contributed by atoms with Gasteiger partial charge < -0.3 is 129 Å². The van der Waals surface area contributed by atoms with Gasteiger partial charge in [0.1, 0.15) is 66.7 Å². The number of amides is 11. The largest absolute Gasteiger partial charge is 0.508 e. The summed E-state index contributed by atoms with van der Waals surface area (Å²) in [6.45, 7) is 9.49. The van der Waals surface area contributed by atoms with Gasteiger partial charge in [0, 0.05) is 45.1 Å². The van der Waals surface area contributed by atoms with E-state index >= 15 is 0 Å². The van der Waals surface area contributed by atoms with Crippen molar-refractivity contribution in [1.29, 1.82) is 0 Å². The Bertz CT molecular complexity index is 3240. The van der Waals surface area contributed by atoms with E-state index in [4.69, 9.17) is 45.2 Å². The summed E-state index contributed by atoms with van der Waals surface area (Å²) in [6.07, 6.45) is -2.78. The number of carboxylic acid groups (broad SMARTS) is 4. The van der Waals surface area contributed by atoms with Gasteiger partial charge in [-0.15, -0.1) is 0 Å². The molecule has 0 heterocycles. The van der Waals surface area contributed by atoms with Crippen molar-refractivity contribution < 1.29 is 97.5 Å². The highest BCUT2D eigenvalue weighted by Crippen LogP contribution is 2.16. The third kappa shape index (κ3) is 38.9. The molecule has 0 aliphatic rings. The van der Waals surface area contributed by atoms with Gasteiger partial charge >= 0.3 is 23.9 Å². The van der Waals surface area contributed by atoms with Crippen LogP contribution in [-0.4, -0.2) is 237 Å². The van der Waals surface area contributed by atoms with E-state index < -0.39 is 200 Å². The second-order valence-corrected chi connectivity index (χ2v) is 25.6. The first-order chi connectivity index (χ1) is 49.6. The third-order valence-corrected chi connectivity index (χ3v) is 15.9. The molecule has 42 heteroatoms. The van der Waals surface area contributed by atoms with Crippen molar-refractivity contribution in [3.8, 4) is 5.75 Å². The van der Waals surface area contributed by atoms with Crippen LogP contribution >= 0.6 is 0 Å². The van der Waals surface area contributed by atoms with Gasteiger partial charge in [0.2, 0.25) is 65.0 Å². The maximum atomic E-state index is 14.4. The highest BCUT2D eigenvalue weighted by atomic mass is 16.4. The van der Waals surface area contributed by atoms with E-state index in [2.05, 4.69) is 78.8 Å². The zero-order valence-corrected chi connectivity index (χ0v) is 60.6. The average Bonchev–Trinajstić information content (AvgIpc) is 0.844. The molecule has 42 nitrogen and oxygen atoms in total. The fraction of sp³-hybridized carbons (Fsp3) is 0.625. The van der Waals surface area contributed by atoms with Crippen molar-refractivity contribution >= 4 is 107 Å². The van der Waals surface area contributed by atoms with Gasteiger partial charge in [0.05, 0.1) is 18.5 Å². The molecule has 0 saturated carbocycles. The fourth-order valence-electron chi connectivity index (χ4n) is 9.86. The summed E-state index contributed by atoms with van der Waals surface area (Å²) in [6, 6.07) is -11.7. The highest BCUT2D eigenvalue weighted by Gasteiger charge is 2.37. The van der Waals surface area contributed by atoms with Gasteiger partial charge in [-0.1, -0.05) is 46.2 Å². The summed E-state index contributed by atoms with van der Waals surface area (Å²) >= 11 is 0. The predicted octanol–water partition coefficient (Wildman–Crippen LogP) is -7.21. The van der Waals surface area contributed by atoms with Crippen molar-refractivity contribution in [2.24, 2.45) is 66.9 Å². The summed E-state index contributed by atoms with van der Waals surface area (Å²) in [5.41, 5.74) is 39.0. The zero-order valence-electron chi connectivity index (χ0n) is 60.6. The van der Waals surface area contributed by atoms with Gasteiger partial charge in [0.25, 0.3) is 0 Å². The Labute approximate surface area is 612 Å². The van der Waals surface area contributed by atoms with Gasteiger partial charge in [-0.05, 0) is 115 Å². The number of aliphatic carboxylic acids is 4. The monoisotopic (exact) mass is 1500 g/mol. The van der Waals surface area contributed by atoms with Crippen LogP contribution in [-0.2, 0) is 78.3 Å². The molecule has 0 fully saturated rings. The minimum atomic E-state index is -2.04. The quantitative estimate of drug-likeness (QED) is 0.0164. The zero-order chi connectivity index (χ0) is 80.5. The number of carbonyl (C=O) groups is 15. The highest BCUT2D eigenvalue weighted by molar-refractivity contribution is 5.99. The summed E-state index contributed by atoms with van der Waals surface area (Å²) < 4.78 is 0. The van der Waals surface area contributed by atoms with Gasteiger partial charge in [0.15, 0.2) is 17.9 Å². The molecular weight excluding hydrogens is 1400 g/mol. The molecule has 0 spiro atoms. The molecule has 0 unspecified atom stereocenters. The number of hydrogen-bond donors (Lipinski definition) is 24. The lowest BCUT2D eigenvalue weighted by molar-refractivity contribution is -0.142. The standard InChI is InChI=1S/C64H108N22O20/c1-8-32(4)50(86-60(105)44(26-31(2)3)84-56(101)41(14-11-25-74-64(70)71)82-54(99)39(65)12-9-23-72-62(66)67)61(106)83-42(20-22-47(90)91)57(102)85-45(28-48(92)93)59(104)79-34(6)52(97)80-37(17-21-46(88)89)29-75-43(27-36-15-18-38(87)19-16-36)58(103)78-33(5)51(96)77-35(7)53(98)81-40(13-10-24-73-63(68)69)55(100)76-30-49(94)95/h15-16,18-19,31-35,37,39-45,50,75,87H,8-14,17,20-30,65H2,1-7H3,(H,76,100)(H,77,96)(H,78,103)(H,79,104)(H,80,97)(H,81,98)(H,82,99)(H,83,106)(H,84,101)(H,85,102)(H,86,105)(H,88,89)(H,90,91)(H,92,93)(H,94,95)(H4,66,67,72)(H4,68,69,73)(H4,70,71,74)/t32-,33-,34-,35-,37-,39-,40-,41-,42-,43-,44-,45-,50-/m0/s1. The van der Waals surface area contributed by atoms with E-state index in [1.54, 1.807) is 27.7 Å². The molecule has 0 aromatic heterocycles. The number of phenols is 1. The first-order valence-corrected chi connectivity index (χ1v) is 34.3. The molecule has 0 aliphatic heterocycles. The van der Waals surface area contributed by atoms with Gasteiger partial charge in [-0.25, -0.2) is 0 Å². The van der Waals surface area contributed by atoms with E-state index in [-0.39, 0.29) is 114 Å². The lowest BCUT2D eigenvalue weighted by atomic mass is 9.96. The summed E-state index contributed by atoms with van der Waals surface area (Å²) in [7, 11) is 0. The second-order valence-electron chi connectivity index (χ2n) is 25.6. The van der Waals surface area contributed by atoms with Crippen molar-refractivity contribution in [2.45, 2.75) is 211 Å². The Morgan fingerprint density at radius 2 is 0.830 bits per heavy atom. The minimum Gasteiger partial charge on any atom is -0.508 e. The fourth-order valence-corrected chi connectivity index (χ4v) is 9.86. The van der Waals surface area contributed by atoms with Crippen LogP contribution in [0.5, 0.6) is 5.75 Å². The Morgan fingerprint density at radius 1 is 0.425 bits per heavy atom. The maximum absolute atomic E-state index is 14.4. The number of hydrogen-bond acceptors (Lipinski definition) is 21. The molecule has 0 saturated heterocycles. The van der Waals surface area contributed by atoms with Crippen LogP contribution < -0.4 is 104 Å². The molecule has 1 aromatic carbocycles. The van der Waals surface area contributed by atoms with E-state index in [0.29, 0.717) is 12.0 Å². The topological polar surface area (TPSA) is 721 Å². The van der Waals surface area contributed by atoms with E-state index in [9.17, 15) is 92.3 Å². The van der Waals surface area contributed by atoms with Crippen molar-refractivity contribution in [2.75, 3.05) is 32.7 Å². The lowest BCUT2D eigenvalue weighted by Crippen LogP contribution is -2.61. The van der Waals surface area contributed by atoms with Crippen LogP contribution in [0, 0.1) is 11.8 Å². The van der Waals surface area contributed by atoms with Gasteiger partial charge in [-0.2, -0.15) is 0 Å². The number of carbonyl (C=O) groups excluding carboxylic acids is 11. The van der Waals surface area contributed by atoms with E-state index in [0.717, 1.165) is 6.92 Å². The van der Waals surface area contributed by atoms with Gasteiger partial charge in [-0.3, -0.25) is 86.9 Å². The Kier molecular flexibility index (Phi) is 42.6. The van der Waals surface area contributed by atoms with Crippen LogP contribution in [0.15, 0.2) is 39.2 Å². The van der Waals surface area contributed by atoms with Crippen LogP contribution in [0.2, 0.25) is 0 Å². The second kappa shape index (κ2) is 48.7. The summed E-state index contributed by atoms with van der Waals surface area (Å²) in [5.74, 6) is -18.1. The Balaban J connectivity index is 3.49. The molecule has 31 N–H and O–H groups in total. The summed E-state index contributed by atoms with van der Waals surface area (Å²) in [5, 5.41) is 78.1. The number of phenolic OH excluding ortho intramolecular Hbond substituents is 1. The number of benzene rings is 1. The average molecular weight is 1510 g/mol. The number of nitrogens with zero attached hydrogens (tertiary/aromatic N) is 3. The maximum Gasteiger partial charge on any atom is 0.322 e. The lowest BCUT2D eigenvalue weighted by Gasteiger charge is -2.30. The number of nitrogens with one attached hydrogen (secondary N) is 12. The third-order valence-electron chi connectivity index (χ3n) is 15.9. The van der Waals surface area contributed by atoms with Crippen molar-refractivity contribution in [3.63, 3.8) is 0 Å². The number of aromatic hydroxyl groups is 1. The molecule has 1 rings (SSSR count). The van der Waals surface area contributed by atoms with Crippen molar-refractivity contribution in [1.82, 2.24) is 63.8 Å². The minimum absolute atomic E-state index is 0.0192. The first-order valence-electron chi connectivity index (χ1n) is 34.3. The molecule has 1 aromatic rings. The normalized spacial score (nSPS) is 14.6. The van der Waals surface area contributed by atoms with Crippen LogP contribution in [0.3, 0.4) is 0 Å². The molecular formula is C64H108N22O20. The summed E-state index contributed by atoms with van der Waals surface area (Å²) in [4.78, 5) is 211. The number of nitrogens with two attached hydrogens (primary N) is 7. The number of rotatable bonds is 52. The molecule has 106 heavy (non-hydrogen) atoms. The number of carboxylic acids is 4. The number of aliphatic imine (C=N–C) groups is 3. The van der Waals surface area contributed by atoms with E-state index in [1.165, 1.54) is 38.1 Å². The smallest absolute Gasteiger partial charge is 0.322 e. The van der Waals surface area contributed by atoms with Crippen LogP contribution in [0.25, 0.3) is 0 Å². The van der Waals surface area contributed by atoms with Crippen LogP contribution in [0.1, 0.15) is 138 Å². The molecule has 0 radical (unpaired) electrons. The Hall–Kier alpha value is -11.2. The molecule has 594 valence electrons. The first kappa shape index (κ1) is 92.8. The predicted molar refractivity (Wildman–Crippen MR) is 383 cm³/mol. The van der Waals surface area contributed by atoms with Crippen LogP contribution in [0.4, 0.5) is 0 Å². The SMILES string of the molecule is CC[C@H](C)[C@H](NC(=O)[C@H](CC(C)C)NC(=O)[C@H](CCCN=C(N)N)NC(=O)[C@@H](N)CCCN=C(N)N)C(=O)N[C@@H](CCC(=O)O)C(=O)N[C@@H](CC(=O)O)C(=O)N[C@@H](C)C(=O)N[C@@H](CCC(=O)O)CN[C@@H](Cc1ccc(O)cc1)C(=O)N[C@@H](C)C(=O)N[C@@H](C)C(=O)N[C@@H](CCCN=C(N)N)C(=O)NCC(=O)O.